The molecule has 0 bridgehead atoms. The molecule has 0 aliphatic carbocycles. The van der Waals surface area contributed by atoms with Gasteiger partial charge in [0, 0.05) is 24.0 Å². The van der Waals surface area contributed by atoms with E-state index in [-0.39, 0.29) is 17.7 Å². The summed E-state index contributed by atoms with van der Waals surface area (Å²) in [6.07, 6.45) is 1.28. The molecule has 0 radical (unpaired) electrons. The van der Waals surface area contributed by atoms with Crippen molar-refractivity contribution < 1.29 is 4.79 Å². The number of carbonyl (C=O) groups is 1. The van der Waals surface area contributed by atoms with Crippen LogP contribution in [0.5, 0.6) is 0 Å². The lowest BCUT2D eigenvalue weighted by atomic mass is 10.2. The van der Waals surface area contributed by atoms with Gasteiger partial charge in [0.2, 0.25) is 0 Å². The van der Waals surface area contributed by atoms with Crippen LogP contribution < -0.4 is 22.1 Å². The molecule has 9 nitrogen and oxygen atoms in total. The van der Waals surface area contributed by atoms with Crippen molar-refractivity contribution in [1.29, 1.82) is 0 Å². The third kappa shape index (κ3) is 4.56. The number of hydrogen-bond donors (Lipinski definition) is 4. The minimum atomic E-state index is -0.335. The van der Waals surface area contributed by atoms with Crippen LogP contribution in [0.1, 0.15) is 22.5 Å². The fraction of sp³-hybridized carbons (Fsp3) is 0.158. The molecule has 0 fully saturated rings. The van der Waals surface area contributed by atoms with Crippen molar-refractivity contribution >= 4 is 23.4 Å². The van der Waals surface area contributed by atoms with Crippen LogP contribution >= 0.6 is 0 Å². The number of aromatic nitrogens is 4. The lowest BCUT2D eigenvalue weighted by Gasteiger charge is -2.06. The first-order valence-electron chi connectivity index (χ1n) is 8.45. The molecule has 0 spiro atoms. The smallest absolute Gasteiger partial charge is 0.319 e. The Labute approximate surface area is 162 Å². The van der Waals surface area contributed by atoms with Crippen molar-refractivity contribution in [1.82, 2.24) is 25.1 Å². The van der Waals surface area contributed by atoms with Crippen molar-refractivity contribution in [2.45, 2.75) is 13.5 Å². The second-order valence-corrected chi connectivity index (χ2v) is 6.06. The van der Waals surface area contributed by atoms with Crippen molar-refractivity contribution in [3.63, 3.8) is 0 Å². The number of rotatable bonds is 3. The molecule has 28 heavy (non-hydrogen) atoms. The molecule has 0 unspecified atom stereocenters. The number of nitrogens with zero attached hydrogens (tertiary/aromatic N) is 4. The van der Waals surface area contributed by atoms with Gasteiger partial charge in [0.05, 0.1) is 12.2 Å². The third-order valence-electron chi connectivity index (χ3n) is 3.95. The van der Waals surface area contributed by atoms with Crippen molar-refractivity contribution in [2.24, 2.45) is 7.05 Å². The first-order chi connectivity index (χ1) is 13.4. The molecule has 1 aromatic carbocycles. The van der Waals surface area contributed by atoms with Crippen molar-refractivity contribution in [2.75, 3.05) is 16.8 Å². The van der Waals surface area contributed by atoms with E-state index in [0.29, 0.717) is 23.4 Å². The van der Waals surface area contributed by atoms with E-state index in [1.165, 1.54) is 6.33 Å². The zero-order valence-electron chi connectivity index (χ0n) is 15.5. The van der Waals surface area contributed by atoms with Crippen LogP contribution in [0, 0.1) is 18.8 Å². The number of urea groups is 1. The number of nitrogens with one attached hydrogen (secondary N) is 2. The number of anilines is 3. The monoisotopic (exact) mass is 376 g/mol. The zero-order chi connectivity index (χ0) is 20.1. The minimum absolute atomic E-state index is 0.221. The average molecular weight is 376 g/mol. The predicted molar refractivity (Wildman–Crippen MR) is 107 cm³/mol. The van der Waals surface area contributed by atoms with E-state index in [1.54, 1.807) is 22.9 Å². The molecule has 3 aromatic rings. The van der Waals surface area contributed by atoms with Gasteiger partial charge in [-0.1, -0.05) is 17.9 Å². The highest BCUT2D eigenvalue weighted by atomic mass is 16.2. The van der Waals surface area contributed by atoms with Crippen LogP contribution in [-0.4, -0.2) is 25.8 Å². The highest BCUT2D eigenvalue weighted by Gasteiger charge is 2.06. The number of benzene rings is 1. The van der Waals surface area contributed by atoms with Gasteiger partial charge in [-0.2, -0.15) is 5.10 Å². The SMILES string of the molecule is Cc1cc(CNC(=O)Nc2cccc(C#Cc3c(N)ncnc3N)c2)nn1C. The molecule has 2 amide bonds. The van der Waals surface area contributed by atoms with Gasteiger partial charge in [-0.05, 0) is 31.2 Å². The number of hydrogen-bond acceptors (Lipinski definition) is 6. The topological polar surface area (TPSA) is 137 Å². The maximum absolute atomic E-state index is 12.1. The lowest BCUT2D eigenvalue weighted by Crippen LogP contribution is -2.28. The highest BCUT2D eigenvalue weighted by Crippen LogP contribution is 2.13. The first kappa shape index (κ1) is 18.7. The van der Waals surface area contributed by atoms with Gasteiger partial charge in [0.1, 0.15) is 23.5 Å². The summed E-state index contributed by atoms with van der Waals surface area (Å²) in [5.41, 5.74) is 15.0. The Balaban J connectivity index is 1.65. The summed E-state index contributed by atoms with van der Waals surface area (Å²) in [5.74, 6) is 6.26. The Morgan fingerprint density at radius 1 is 1.18 bits per heavy atom. The van der Waals surface area contributed by atoms with E-state index >= 15 is 0 Å². The molecule has 6 N–H and O–H groups in total. The summed E-state index contributed by atoms with van der Waals surface area (Å²) in [6.45, 7) is 2.28. The van der Waals surface area contributed by atoms with E-state index < -0.39 is 0 Å². The Morgan fingerprint density at radius 3 is 2.61 bits per heavy atom. The molecule has 0 atom stereocenters. The molecule has 2 aromatic heterocycles. The van der Waals surface area contributed by atoms with Crippen LogP contribution in [0.4, 0.5) is 22.1 Å². The number of nitrogen functional groups attached to an aromatic ring is 2. The van der Waals surface area contributed by atoms with Crippen LogP contribution in [0.15, 0.2) is 36.7 Å². The average Bonchev–Trinajstić information content (AvgIpc) is 2.98. The third-order valence-corrected chi connectivity index (χ3v) is 3.95. The normalized spacial score (nSPS) is 10.1. The van der Waals surface area contributed by atoms with Crippen molar-refractivity contribution in [3.05, 3.63) is 59.2 Å². The van der Waals surface area contributed by atoms with Gasteiger partial charge >= 0.3 is 6.03 Å². The summed E-state index contributed by atoms with van der Waals surface area (Å²) >= 11 is 0. The molecule has 2 heterocycles. The first-order valence-corrected chi connectivity index (χ1v) is 8.45. The maximum atomic E-state index is 12.1. The highest BCUT2D eigenvalue weighted by molar-refractivity contribution is 5.89. The van der Waals surface area contributed by atoms with Gasteiger partial charge in [-0.25, -0.2) is 14.8 Å². The number of amides is 2. The Morgan fingerprint density at radius 2 is 1.93 bits per heavy atom. The largest absolute Gasteiger partial charge is 0.382 e. The zero-order valence-corrected chi connectivity index (χ0v) is 15.5. The fourth-order valence-electron chi connectivity index (χ4n) is 2.42. The molecular formula is C19H20N8O. The molecular weight excluding hydrogens is 356 g/mol. The Kier molecular flexibility index (Phi) is 5.41. The maximum Gasteiger partial charge on any atom is 0.319 e. The quantitative estimate of drug-likeness (QED) is 0.510. The summed E-state index contributed by atoms with van der Waals surface area (Å²) < 4.78 is 1.76. The number of nitrogens with two attached hydrogens (primary N) is 2. The lowest BCUT2D eigenvalue weighted by molar-refractivity contribution is 0.251. The summed E-state index contributed by atoms with van der Waals surface area (Å²) in [4.78, 5) is 19.9. The Bertz CT molecular complexity index is 1040. The molecule has 3 rings (SSSR count). The summed E-state index contributed by atoms with van der Waals surface area (Å²) in [7, 11) is 1.86. The molecule has 9 heteroatoms. The predicted octanol–water partition coefficient (Wildman–Crippen LogP) is 1.40. The van der Waals surface area contributed by atoms with Crippen LogP contribution in [0.3, 0.4) is 0 Å². The number of carbonyl (C=O) groups excluding carboxylic acids is 1. The minimum Gasteiger partial charge on any atom is -0.382 e. The molecule has 142 valence electrons. The summed E-state index contributed by atoms with van der Waals surface area (Å²) in [6, 6.07) is 8.69. The second-order valence-electron chi connectivity index (χ2n) is 6.06. The van der Waals surface area contributed by atoms with E-state index in [0.717, 1.165) is 11.4 Å². The van der Waals surface area contributed by atoms with Gasteiger partial charge < -0.3 is 22.1 Å². The van der Waals surface area contributed by atoms with Gasteiger partial charge in [0.25, 0.3) is 0 Å². The van der Waals surface area contributed by atoms with Gasteiger partial charge in [-0.3, -0.25) is 4.68 Å². The van der Waals surface area contributed by atoms with Crippen LogP contribution in [0.2, 0.25) is 0 Å². The molecule has 0 saturated carbocycles. The molecule has 0 aliphatic rings. The molecule has 0 aliphatic heterocycles. The van der Waals surface area contributed by atoms with E-state index in [1.807, 2.05) is 26.1 Å². The van der Waals surface area contributed by atoms with E-state index in [4.69, 9.17) is 11.5 Å². The van der Waals surface area contributed by atoms with Crippen molar-refractivity contribution in [3.8, 4) is 11.8 Å². The Hall–Kier alpha value is -4.06. The fourth-order valence-corrected chi connectivity index (χ4v) is 2.42. The van der Waals surface area contributed by atoms with E-state index in [2.05, 4.69) is 37.5 Å². The summed E-state index contributed by atoms with van der Waals surface area (Å²) in [5, 5.41) is 9.83. The van der Waals surface area contributed by atoms with Gasteiger partial charge in [-0.15, -0.1) is 0 Å². The standard InChI is InChI=1S/C19H20N8O/c1-12-8-15(26-27(12)2)10-22-19(28)25-14-5-3-4-13(9-14)6-7-16-17(20)23-11-24-18(16)21/h3-5,8-9,11H,10H2,1-2H3,(H2,22,25,28)(H4,20,21,23,24). The van der Waals surface area contributed by atoms with E-state index in [9.17, 15) is 4.79 Å². The number of aryl methyl sites for hydroxylation is 2. The molecule has 0 saturated heterocycles. The van der Waals surface area contributed by atoms with Gasteiger partial charge in [0.15, 0.2) is 0 Å². The van der Waals surface area contributed by atoms with Crippen LogP contribution in [0.25, 0.3) is 0 Å². The van der Waals surface area contributed by atoms with Crippen LogP contribution in [-0.2, 0) is 13.6 Å². The second kappa shape index (κ2) is 8.09.